The van der Waals surface area contributed by atoms with Crippen molar-refractivity contribution >= 4 is 5.57 Å². The third kappa shape index (κ3) is 4.64. The topological polar surface area (TPSA) is 60.7 Å². The van der Waals surface area contributed by atoms with Gasteiger partial charge in [-0.2, -0.15) is 26.3 Å². The fourth-order valence-corrected chi connectivity index (χ4v) is 1.80. The average molecular weight is 358 g/mol. The highest BCUT2D eigenvalue weighted by molar-refractivity contribution is 5.68. The monoisotopic (exact) mass is 358 g/mol. The Hall–Kier alpha value is -1.74. The van der Waals surface area contributed by atoms with Gasteiger partial charge in [0.15, 0.2) is 11.2 Å². The molecule has 0 aliphatic rings. The minimum Gasteiger partial charge on any atom is -0.508 e. The van der Waals surface area contributed by atoms with Crippen molar-refractivity contribution in [3.63, 3.8) is 0 Å². The lowest BCUT2D eigenvalue weighted by atomic mass is 9.88. The lowest BCUT2D eigenvalue weighted by Gasteiger charge is -2.30. The summed E-state index contributed by atoms with van der Waals surface area (Å²) >= 11 is 0. The first-order valence-corrected chi connectivity index (χ1v) is 6.66. The molecule has 136 valence electrons. The Kier molecular flexibility index (Phi) is 5.32. The molecular formula is C15H16F6O3. The molecule has 2 unspecified atom stereocenters. The van der Waals surface area contributed by atoms with E-state index in [4.69, 9.17) is 0 Å². The van der Waals surface area contributed by atoms with E-state index in [1.165, 1.54) is 0 Å². The van der Waals surface area contributed by atoms with E-state index in [-0.39, 0.29) is 17.4 Å². The van der Waals surface area contributed by atoms with Crippen LogP contribution in [0.25, 0.3) is 5.57 Å². The minimum atomic E-state index is -5.13. The lowest BCUT2D eigenvalue weighted by Crippen LogP contribution is -2.43. The maximum atomic E-state index is 12.8. The molecule has 0 aromatic heterocycles. The van der Waals surface area contributed by atoms with Crippen molar-refractivity contribution < 1.29 is 41.7 Å². The molecule has 0 saturated carbocycles. The molecule has 3 N–H and O–H groups in total. The minimum absolute atomic E-state index is 0.109. The van der Waals surface area contributed by atoms with Crippen molar-refractivity contribution in [3.8, 4) is 5.75 Å². The Bertz CT molecular complexity index is 597. The van der Waals surface area contributed by atoms with Gasteiger partial charge >= 0.3 is 12.4 Å². The quantitative estimate of drug-likeness (QED) is 0.718. The second kappa shape index (κ2) is 6.29. The fourth-order valence-electron chi connectivity index (χ4n) is 1.80. The van der Waals surface area contributed by atoms with E-state index in [2.05, 4.69) is 0 Å². The number of benzene rings is 1. The average Bonchev–Trinajstić information content (AvgIpc) is 2.35. The van der Waals surface area contributed by atoms with Crippen molar-refractivity contribution in [2.24, 2.45) is 0 Å². The number of aromatic hydroxyl groups is 1. The number of alkyl halides is 6. The Balaban J connectivity index is 3.41. The molecule has 0 aliphatic heterocycles. The molecule has 0 saturated heterocycles. The van der Waals surface area contributed by atoms with Crippen LogP contribution in [0.1, 0.15) is 25.8 Å². The summed E-state index contributed by atoms with van der Waals surface area (Å²) in [7, 11) is 0. The SMILES string of the molecule is CC(O)(/C=C(\CC(C)(O)C(F)(F)F)c1ccc(O)cc1)C(F)(F)F. The van der Waals surface area contributed by atoms with Crippen molar-refractivity contribution in [1.29, 1.82) is 0 Å². The largest absolute Gasteiger partial charge is 0.508 e. The van der Waals surface area contributed by atoms with Crippen LogP contribution < -0.4 is 0 Å². The first-order valence-electron chi connectivity index (χ1n) is 6.66. The number of hydrogen-bond acceptors (Lipinski definition) is 3. The van der Waals surface area contributed by atoms with Gasteiger partial charge in [0.05, 0.1) is 0 Å². The summed E-state index contributed by atoms with van der Waals surface area (Å²) in [5.74, 6) is -0.247. The molecule has 0 fully saturated rings. The number of rotatable bonds is 4. The molecule has 1 aromatic rings. The second-order valence-electron chi connectivity index (χ2n) is 5.81. The molecule has 0 amide bonds. The van der Waals surface area contributed by atoms with Gasteiger partial charge in [-0.05, 0) is 43.2 Å². The highest BCUT2D eigenvalue weighted by Crippen LogP contribution is 2.40. The predicted molar refractivity (Wildman–Crippen MR) is 74.1 cm³/mol. The van der Waals surface area contributed by atoms with E-state index in [9.17, 15) is 41.7 Å². The Labute approximate surface area is 133 Å². The predicted octanol–water partition coefficient (Wildman–Crippen LogP) is 3.79. The normalized spacial score (nSPS) is 18.8. The summed E-state index contributed by atoms with van der Waals surface area (Å²) in [6, 6.07) is 4.29. The zero-order chi connectivity index (χ0) is 19.0. The van der Waals surface area contributed by atoms with Crippen molar-refractivity contribution in [1.82, 2.24) is 0 Å². The summed E-state index contributed by atoms with van der Waals surface area (Å²) in [5.41, 5.74) is -7.39. The molecule has 0 spiro atoms. The molecule has 2 atom stereocenters. The third-order valence-corrected chi connectivity index (χ3v) is 3.41. The van der Waals surface area contributed by atoms with Crippen LogP contribution in [0.15, 0.2) is 30.3 Å². The van der Waals surface area contributed by atoms with Crippen molar-refractivity contribution in [2.45, 2.75) is 43.8 Å². The Morgan fingerprint density at radius 3 is 1.75 bits per heavy atom. The first kappa shape index (κ1) is 20.3. The van der Waals surface area contributed by atoms with Gasteiger partial charge in [-0.3, -0.25) is 0 Å². The Morgan fingerprint density at radius 1 is 0.917 bits per heavy atom. The molecule has 3 nitrogen and oxygen atoms in total. The van der Waals surface area contributed by atoms with Crippen LogP contribution in [0.3, 0.4) is 0 Å². The fraction of sp³-hybridized carbons (Fsp3) is 0.467. The Morgan fingerprint density at radius 2 is 1.38 bits per heavy atom. The molecule has 0 heterocycles. The smallest absolute Gasteiger partial charge is 0.420 e. The molecular weight excluding hydrogens is 342 g/mol. The van der Waals surface area contributed by atoms with E-state index in [1.54, 1.807) is 0 Å². The van der Waals surface area contributed by atoms with Crippen molar-refractivity contribution in [3.05, 3.63) is 35.9 Å². The molecule has 0 aliphatic carbocycles. The van der Waals surface area contributed by atoms with E-state index in [1.807, 2.05) is 0 Å². The zero-order valence-electron chi connectivity index (χ0n) is 12.7. The third-order valence-electron chi connectivity index (χ3n) is 3.41. The number of aliphatic hydroxyl groups is 2. The lowest BCUT2D eigenvalue weighted by molar-refractivity contribution is -0.250. The van der Waals surface area contributed by atoms with Crippen molar-refractivity contribution in [2.75, 3.05) is 0 Å². The molecule has 24 heavy (non-hydrogen) atoms. The van der Waals surface area contributed by atoms with Gasteiger partial charge in [0, 0.05) is 6.42 Å². The van der Waals surface area contributed by atoms with Crippen LogP contribution in [-0.2, 0) is 0 Å². The van der Waals surface area contributed by atoms with Crippen LogP contribution in [0.4, 0.5) is 26.3 Å². The van der Waals surface area contributed by atoms with Gasteiger partial charge in [-0.1, -0.05) is 12.1 Å². The number of halogens is 6. The molecule has 9 heteroatoms. The summed E-state index contributed by atoms with van der Waals surface area (Å²) in [4.78, 5) is 0. The van der Waals surface area contributed by atoms with Crippen LogP contribution in [-0.4, -0.2) is 38.9 Å². The maximum absolute atomic E-state index is 12.8. The zero-order valence-corrected chi connectivity index (χ0v) is 12.7. The van der Waals surface area contributed by atoms with E-state index in [0.29, 0.717) is 13.8 Å². The van der Waals surface area contributed by atoms with Gasteiger partial charge in [0.1, 0.15) is 5.75 Å². The van der Waals surface area contributed by atoms with E-state index >= 15 is 0 Å². The van der Waals surface area contributed by atoms with Crippen LogP contribution in [0, 0.1) is 0 Å². The van der Waals surface area contributed by atoms with Crippen LogP contribution in [0.2, 0.25) is 0 Å². The van der Waals surface area contributed by atoms with Crippen LogP contribution in [0.5, 0.6) is 5.75 Å². The molecule has 0 bridgehead atoms. The van der Waals surface area contributed by atoms with E-state index in [0.717, 1.165) is 24.3 Å². The molecule has 0 radical (unpaired) electrons. The van der Waals surface area contributed by atoms with Gasteiger partial charge < -0.3 is 15.3 Å². The van der Waals surface area contributed by atoms with Gasteiger partial charge in [0.2, 0.25) is 0 Å². The number of phenols is 1. The highest BCUT2D eigenvalue weighted by Gasteiger charge is 2.52. The van der Waals surface area contributed by atoms with Gasteiger partial charge in [-0.25, -0.2) is 0 Å². The van der Waals surface area contributed by atoms with Gasteiger partial charge in [0.25, 0.3) is 0 Å². The number of phenolic OH excluding ortho intramolecular Hbond substituents is 1. The second-order valence-corrected chi connectivity index (χ2v) is 5.81. The van der Waals surface area contributed by atoms with E-state index < -0.39 is 35.5 Å². The highest BCUT2D eigenvalue weighted by atomic mass is 19.4. The number of hydrogen-bond donors (Lipinski definition) is 3. The van der Waals surface area contributed by atoms with Crippen LogP contribution >= 0.6 is 0 Å². The molecule has 1 rings (SSSR count). The van der Waals surface area contributed by atoms with Gasteiger partial charge in [-0.15, -0.1) is 0 Å². The summed E-state index contributed by atoms with van der Waals surface area (Å²) in [6.07, 6.45) is -11.2. The molecule has 1 aromatic carbocycles. The summed E-state index contributed by atoms with van der Waals surface area (Å²) < 4.78 is 77.0. The standard InChI is InChI=1S/C15H16F6O3/c1-12(23,14(16,17)18)7-10(8-13(2,24)15(19,20)21)9-3-5-11(22)6-4-9/h3-7,22-24H,8H2,1-2H3/b10-7+. The summed E-state index contributed by atoms with van der Waals surface area (Å²) in [5, 5.41) is 28.3. The summed E-state index contributed by atoms with van der Waals surface area (Å²) in [6.45, 7) is 0.805. The first-order chi connectivity index (χ1) is 10.6. The maximum Gasteiger partial charge on any atom is 0.420 e.